The molecule has 4 rings (SSSR count). The summed E-state index contributed by atoms with van der Waals surface area (Å²) < 4.78 is 33.2. The van der Waals surface area contributed by atoms with Crippen LogP contribution in [-0.4, -0.2) is 28.5 Å². The van der Waals surface area contributed by atoms with Crippen molar-refractivity contribution in [3.05, 3.63) is 56.8 Å². The molecule has 0 atom stereocenters. The average molecular weight is 347 g/mol. The quantitative estimate of drug-likeness (QED) is 0.923. The molecule has 1 aliphatic carbocycles. The van der Waals surface area contributed by atoms with Crippen LogP contribution in [0.25, 0.3) is 0 Å². The lowest BCUT2D eigenvalue weighted by atomic mass is 10.0. The zero-order valence-electron chi connectivity index (χ0n) is 13.9. The maximum atomic E-state index is 14.2. The number of methoxy groups -OCH3 is 1. The molecule has 0 amide bonds. The molecular formula is C18H19F2N3O2. The highest BCUT2D eigenvalue weighted by molar-refractivity contribution is 5.31. The van der Waals surface area contributed by atoms with E-state index >= 15 is 0 Å². The lowest BCUT2D eigenvalue weighted by molar-refractivity contribution is 0.233. The van der Waals surface area contributed by atoms with Gasteiger partial charge >= 0.3 is 0 Å². The van der Waals surface area contributed by atoms with Gasteiger partial charge in [0, 0.05) is 48.8 Å². The molecule has 2 aliphatic rings. The predicted octanol–water partition coefficient (Wildman–Crippen LogP) is 2.49. The van der Waals surface area contributed by atoms with Crippen LogP contribution in [0.15, 0.2) is 16.9 Å². The number of benzene rings is 1. The van der Waals surface area contributed by atoms with Gasteiger partial charge in [-0.25, -0.2) is 13.8 Å². The van der Waals surface area contributed by atoms with E-state index in [1.807, 2.05) is 4.90 Å². The van der Waals surface area contributed by atoms with Gasteiger partial charge in [-0.15, -0.1) is 0 Å². The average Bonchev–Trinajstić information content (AvgIpc) is 3.42. The Kier molecular flexibility index (Phi) is 4.03. The molecule has 0 spiro atoms. The standard InChI is InChI=1S/C18H19F2N3O2/c1-25-11-6-14(19)13(15(20)7-11)8-23-5-4-12-16(9-23)21-17(10-2-3-10)22-18(12)24/h6-7,10H,2-5,8-9H2,1H3,(H,21,22,24). The van der Waals surface area contributed by atoms with Crippen LogP contribution in [0.2, 0.25) is 0 Å². The summed E-state index contributed by atoms with van der Waals surface area (Å²) in [6, 6.07) is 2.37. The molecule has 7 heteroatoms. The fourth-order valence-corrected chi connectivity index (χ4v) is 3.27. The largest absolute Gasteiger partial charge is 0.497 e. The van der Waals surface area contributed by atoms with E-state index < -0.39 is 11.6 Å². The van der Waals surface area contributed by atoms with Gasteiger partial charge in [-0.05, 0) is 19.3 Å². The Labute approximate surface area is 143 Å². The summed E-state index contributed by atoms with van der Waals surface area (Å²) in [4.78, 5) is 21.6. The van der Waals surface area contributed by atoms with E-state index in [2.05, 4.69) is 9.97 Å². The molecule has 5 nitrogen and oxygen atoms in total. The minimum atomic E-state index is -0.625. The molecule has 1 aromatic heterocycles. The minimum Gasteiger partial charge on any atom is -0.497 e. The minimum absolute atomic E-state index is 0.0107. The molecule has 0 saturated heterocycles. The maximum Gasteiger partial charge on any atom is 0.254 e. The summed E-state index contributed by atoms with van der Waals surface area (Å²) in [5.41, 5.74) is 1.35. The van der Waals surface area contributed by atoms with Crippen molar-refractivity contribution in [2.45, 2.75) is 38.3 Å². The Morgan fingerprint density at radius 3 is 2.68 bits per heavy atom. The highest BCUT2D eigenvalue weighted by Crippen LogP contribution is 2.38. The first-order chi connectivity index (χ1) is 12.0. The van der Waals surface area contributed by atoms with Crippen LogP contribution in [0, 0.1) is 11.6 Å². The third-order valence-corrected chi connectivity index (χ3v) is 4.87. The summed E-state index contributed by atoms with van der Waals surface area (Å²) >= 11 is 0. The molecule has 0 bridgehead atoms. The number of nitrogens with zero attached hydrogens (tertiary/aromatic N) is 2. The van der Waals surface area contributed by atoms with Gasteiger partial charge in [0.2, 0.25) is 0 Å². The van der Waals surface area contributed by atoms with Gasteiger partial charge in [0.05, 0.1) is 12.8 Å². The van der Waals surface area contributed by atoms with E-state index in [-0.39, 0.29) is 23.4 Å². The third-order valence-electron chi connectivity index (χ3n) is 4.87. The van der Waals surface area contributed by atoms with E-state index in [9.17, 15) is 13.6 Å². The Bertz CT molecular complexity index is 854. The molecule has 132 valence electrons. The second kappa shape index (κ2) is 6.22. The van der Waals surface area contributed by atoms with Crippen molar-refractivity contribution < 1.29 is 13.5 Å². The van der Waals surface area contributed by atoms with Crippen molar-refractivity contribution in [1.82, 2.24) is 14.9 Å². The van der Waals surface area contributed by atoms with E-state index in [1.54, 1.807) is 0 Å². The molecule has 0 radical (unpaired) electrons. The monoisotopic (exact) mass is 347 g/mol. The number of rotatable bonds is 4. The van der Waals surface area contributed by atoms with E-state index in [0.717, 1.165) is 24.4 Å². The highest BCUT2D eigenvalue weighted by Gasteiger charge is 2.29. The molecule has 25 heavy (non-hydrogen) atoms. The number of fused-ring (bicyclic) bond motifs is 1. The van der Waals surface area contributed by atoms with E-state index in [0.29, 0.717) is 31.0 Å². The normalized spacial score (nSPS) is 17.4. The molecular weight excluding hydrogens is 328 g/mol. The number of hydrogen-bond acceptors (Lipinski definition) is 4. The van der Waals surface area contributed by atoms with Gasteiger partial charge in [0.15, 0.2) is 0 Å². The SMILES string of the molecule is COc1cc(F)c(CN2CCc3c(nc(C4CC4)[nH]c3=O)C2)c(F)c1. The van der Waals surface area contributed by atoms with Crippen molar-refractivity contribution in [3.8, 4) is 5.75 Å². The number of hydrogen-bond donors (Lipinski definition) is 1. The predicted molar refractivity (Wildman–Crippen MR) is 87.6 cm³/mol. The molecule has 1 N–H and O–H groups in total. The van der Waals surface area contributed by atoms with Crippen LogP contribution >= 0.6 is 0 Å². The van der Waals surface area contributed by atoms with Gasteiger partial charge in [-0.2, -0.15) is 0 Å². The second-order valence-electron chi connectivity index (χ2n) is 6.68. The molecule has 0 unspecified atom stereocenters. The first kappa shape index (κ1) is 16.2. The number of ether oxygens (including phenoxy) is 1. The molecule has 1 fully saturated rings. The lowest BCUT2D eigenvalue weighted by Gasteiger charge is -2.28. The van der Waals surface area contributed by atoms with Gasteiger partial charge in [0.1, 0.15) is 23.2 Å². The number of H-pyrrole nitrogens is 1. The Hall–Kier alpha value is -2.28. The number of aromatic amines is 1. The van der Waals surface area contributed by atoms with Gasteiger partial charge in [-0.3, -0.25) is 9.69 Å². The second-order valence-corrected chi connectivity index (χ2v) is 6.68. The smallest absolute Gasteiger partial charge is 0.254 e. The number of aromatic nitrogens is 2. The third kappa shape index (κ3) is 3.16. The Morgan fingerprint density at radius 1 is 1.32 bits per heavy atom. The molecule has 1 saturated carbocycles. The van der Waals surface area contributed by atoms with Crippen LogP contribution in [0.4, 0.5) is 8.78 Å². The Morgan fingerprint density at radius 2 is 2.04 bits per heavy atom. The molecule has 2 heterocycles. The molecule has 2 aromatic rings. The number of halogens is 2. The summed E-state index contributed by atoms with van der Waals surface area (Å²) in [5.74, 6) is 0.00245. The molecule has 1 aromatic carbocycles. The van der Waals surface area contributed by atoms with Crippen LogP contribution < -0.4 is 10.3 Å². The summed E-state index contributed by atoms with van der Waals surface area (Å²) in [5, 5.41) is 0. The van der Waals surface area contributed by atoms with E-state index in [4.69, 9.17) is 4.74 Å². The highest BCUT2D eigenvalue weighted by atomic mass is 19.1. The van der Waals surface area contributed by atoms with Crippen molar-refractivity contribution in [2.24, 2.45) is 0 Å². The summed E-state index contributed by atoms with van der Waals surface area (Å²) in [6.45, 7) is 1.11. The van der Waals surface area contributed by atoms with Crippen LogP contribution in [0.3, 0.4) is 0 Å². The van der Waals surface area contributed by atoms with Gasteiger partial charge < -0.3 is 9.72 Å². The summed E-state index contributed by atoms with van der Waals surface area (Å²) in [7, 11) is 1.37. The van der Waals surface area contributed by atoms with Crippen LogP contribution in [-0.2, 0) is 19.5 Å². The fraction of sp³-hybridized carbons (Fsp3) is 0.444. The van der Waals surface area contributed by atoms with Crippen molar-refractivity contribution in [1.29, 1.82) is 0 Å². The fourth-order valence-electron chi connectivity index (χ4n) is 3.27. The first-order valence-corrected chi connectivity index (χ1v) is 8.41. The van der Waals surface area contributed by atoms with E-state index in [1.165, 1.54) is 19.2 Å². The van der Waals surface area contributed by atoms with Gasteiger partial charge in [-0.1, -0.05) is 0 Å². The summed E-state index contributed by atoms with van der Waals surface area (Å²) in [6.07, 6.45) is 2.63. The first-order valence-electron chi connectivity index (χ1n) is 8.41. The van der Waals surface area contributed by atoms with Crippen LogP contribution in [0.5, 0.6) is 5.75 Å². The lowest BCUT2D eigenvalue weighted by Crippen LogP contribution is -2.35. The number of nitrogens with one attached hydrogen (secondary N) is 1. The van der Waals surface area contributed by atoms with Crippen molar-refractivity contribution in [3.63, 3.8) is 0 Å². The maximum absolute atomic E-state index is 14.2. The van der Waals surface area contributed by atoms with Crippen LogP contribution in [0.1, 0.15) is 41.4 Å². The van der Waals surface area contributed by atoms with Crippen molar-refractivity contribution in [2.75, 3.05) is 13.7 Å². The van der Waals surface area contributed by atoms with Crippen molar-refractivity contribution >= 4 is 0 Å². The zero-order valence-corrected chi connectivity index (χ0v) is 13.9. The van der Waals surface area contributed by atoms with Gasteiger partial charge in [0.25, 0.3) is 5.56 Å². The zero-order chi connectivity index (χ0) is 17.6. The Balaban J connectivity index is 1.58. The molecule has 1 aliphatic heterocycles. The topological polar surface area (TPSA) is 58.2 Å².